The van der Waals surface area contributed by atoms with Crippen LogP contribution in [0.1, 0.15) is 65.7 Å². The SMILES string of the molecule is CCNC1CCC(C(C)C)CC1CN1CCCCCC1. The van der Waals surface area contributed by atoms with Crippen molar-refractivity contribution in [2.24, 2.45) is 17.8 Å². The molecule has 0 aromatic carbocycles. The fourth-order valence-electron chi connectivity index (χ4n) is 4.29. The lowest BCUT2D eigenvalue weighted by Crippen LogP contribution is -2.46. The molecule has 1 saturated carbocycles. The van der Waals surface area contributed by atoms with E-state index in [0.29, 0.717) is 0 Å². The molecule has 0 amide bonds. The number of rotatable bonds is 5. The molecule has 2 nitrogen and oxygen atoms in total. The van der Waals surface area contributed by atoms with E-state index in [9.17, 15) is 0 Å². The average Bonchev–Trinajstić information content (AvgIpc) is 2.69. The second kappa shape index (κ2) is 8.38. The molecule has 0 bridgehead atoms. The average molecular weight is 280 g/mol. The number of likely N-dealkylation sites (tertiary alicyclic amines) is 1. The standard InChI is InChI=1S/C18H36N2/c1-4-19-18-10-9-16(15(2)3)13-17(18)14-20-11-7-5-6-8-12-20/h15-19H,4-14H2,1-3H3. The largest absolute Gasteiger partial charge is 0.314 e. The minimum Gasteiger partial charge on any atom is -0.314 e. The summed E-state index contributed by atoms with van der Waals surface area (Å²) >= 11 is 0. The maximum absolute atomic E-state index is 3.77. The normalized spacial score (nSPS) is 33.3. The van der Waals surface area contributed by atoms with Gasteiger partial charge in [-0.15, -0.1) is 0 Å². The van der Waals surface area contributed by atoms with Crippen molar-refractivity contribution in [3.8, 4) is 0 Å². The summed E-state index contributed by atoms with van der Waals surface area (Å²) in [7, 11) is 0. The zero-order chi connectivity index (χ0) is 14.4. The van der Waals surface area contributed by atoms with Gasteiger partial charge in [0.25, 0.3) is 0 Å². The summed E-state index contributed by atoms with van der Waals surface area (Å²) in [6, 6.07) is 0.776. The molecule has 0 aromatic heterocycles. The van der Waals surface area contributed by atoms with E-state index in [2.05, 4.69) is 31.0 Å². The van der Waals surface area contributed by atoms with Crippen LogP contribution in [0.2, 0.25) is 0 Å². The predicted octanol–water partition coefficient (Wildman–Crippen LogP) is 3.91. The molecule has 1 aliphatic heterocycles. The highest BCUT2D eigenvalue weighted by atomic mass is 15.1. The summed E-state index contributed by atoms with van der Waals surface area (Å²) < 4.78 is 0. The van der Waals surface area contributed by atoms with E-state index in [0.717, 1.165) is 30.3 Å². The Morgan fingerprint density at radius 3 is 2.35 bits per heavy atom. The van der Waals surface area contributed by atoms with Crippen LogP contribution in [0.4, 0.5) is 0 Å². The lowest BCUT2D eigenvalue weighted by atomic mass is 9.73. The topological polar surface area (TPSA) is 15.3 Å². The quantitative estimate of drug-likeness (QED) is 0.821. The number of nitrogens with zero attached hydrogens (tertiary/aromatic N) is 1. The lowest BCUT2D eigenvalue weighted by Gasteiger charge is -2.40. The van der Waals surface area contributed by atoms with Gasteiger partial charge in [0.15, 0.2) is 0 Å². The molecular formula is C18H36N2. The molecule has 1 N–H and O–H groups in total. The van der Waals surface area contributed by atoms with Gasteiger partial charge >= 0.3 is 0 Å². The van der Waals surface area contributed by atoms with E-state index in [4.69, 9.17) is 0 Å². The van der Waals surface area contributed by atoms with Crippen molar-refractivity contribution in [2.45, 2.75) is 71.8 Å². The van der Waals surface area contributed by atoms with Crippen molar-refractivity contribution in [1.82, 2.24) is 10.2 Å². The summed E-state index contributed by atoms with van der Waals surface area (Å²) in [5.41, 5.74) is 0. The fraction of sp³-hybridized carbons (Fsp3) is 1.00. The Labute approximate surface area is 126 Å². The van der Waals surface area contributed by atoms with Crippen LogP contribution in [-0.4, -0.2) is 37.1 Å². The summed E-state index contributed by atoms with van der Waals surface area (Å²) in [4.78, 5) is 2.77. The maximum atomic E-state index is 3.77. The molecule has 0 radical (unpaired) electrons. The van der Waals surface area contributed by atoms with Crippen LogP contribution >= 0.6 is 0 Å². The highest BCUT2D eigenvalue weighted by Crippen LogP contribution is 2.34. The Morgan fingerprint density at radius 2 is 1.75 bits per heavy atom. The molecule has 1 heterocycles. The molecule has 0 spiro atoms. The minimum atomic E-state index is 0.776. The monoisotopic (exact) mass is 280 g/mol. The van der Waals surface area contributed by atoms with E-state index < -0.39 is 0 Å². The highest BCUT2D eigenvalue weighted by molar-refractivity contribution is 4.87. The van der Waals surface area contributed by atoms with Crippen LogP contribution in [0, 0.1) is 17.8 Å². The molecule has 3 atom stereocenters. The molecule has 2 rings (SSSR count). The fourth-order valence-corrected chi connectivity index (χ4v) is 4.29. The van der Waals surface area contributed by atoms with Crippen molar-refractivity contribution in [2.75, 3.05) is 26.2 Å². The predicted molar refractivity (Wildman–Crippen MR) is 88.0 cm³/mol. The minimum absolute atomic E-state index is 0.776. The van der Waals surface area contributed by atoms with Gasteiger partial charge in [-0.05, 0) is 69.5 Å². The van der Waals surface area contributed by atoms with Crippen molar-refractivity contribution in [3.05, 3.63) is 0 Å². The third-order valence-electron chi connectivity index (χ3n) is 5.62. The van der Waals surface area contributed by atoms with Crippen LogP contribution in [-0.2, 0) is 0 Å². The molecule has 20 heavy (non-hydrogen) atoms. The summed E-state index contributed by atoms with van der Waals surface area (Å²) in [6.45, 7) is 12.3. The van der Waals surface area contributed by atoms with Crippen LogP contribution in [0.3, 0.4) is 0 Å². The Hall–Kier alpha value is -0.0800. The van der Waals surface area contributed by atoms with E-state index >= 15 is 0 Å². The molecule has 3 unspecified atom stereocenters. The van der Waals surface area contributed by atoms with Crippen LogP contribution < -0.4 is 5.32 Å². The smallest absolute Gasteiger partial charge is 0.0108 e. The van der Waals surface area contributed by atoms with Gasteiger partial charge in [-0.1, -0.05) is 33.6 Å². The summed E-state index contributed by atoms with van der Waals surface area (Å²) in [5.74, 6) is 2.71. The molecule has 2 heteroatoms. The van der Waals surface area contributed by atoms with Crippen molar-refractivity contribution >= 4 is 0 Å². The first-order chi connectivity index (χ1) is 9.70. The van der Waals surface area contributed by atoms with Gasteiger partial charge in [0.2, 0.25) is 0 Å². The molecule has 2 aliphatic rings. The van der Waals surface area contributed by atoms with Crippen molar-refractivity contribution in [1.29, 1.82) is 0 Å². The Balaban J connectivity index is 1.91. The van der Waals surface area contributed by atoms with E-state index in [-0.39, 0.29) is 0 Å². The molecule has 1 saturated heterocycles. The first kappa shape index (κ1) is 16.3. The maximum Gasteiger partial charge on any atom is 0.0108 e. The Bertz CT molecular complexity index is 256. The number of hydrogen-bond donors (Lipinski definition) is 1. The third-order valence-corrected chi connectivity index (χ3v) is 5.62. The van der Waals surface area contributed by atoms with Gasteiger partial charge in [0, 0.05) is 12.6 Å². The molecular weight excluding hydrogens is 244 g/mol. The van der Waals surface area contributed by atoms with Crippen molar-refractivity contribution in [3.63, 3.8) is 0 Å². The first-order valence-electron chi connectivity index (χ1n) is 9.16. The van der Waals surface area contributed by atoms with Gasteiger partial charge in [-0.3, -0.25) is 0 Å². The van der Waals surface area contributed by atoms with E-state index in [1.54, 1.807) is 0 Å². The van der Waals surface area contributed by atoms with Crippen LogP contribution in [0.15, 0.2) is 0 Å². The third kappa shape index (κ3) is 4.73. The van der Waals surface area contributed by atoms with Crippen molar-refractivity contribution < 1.29 is 0 Å². The highest BCUT2D eigenvalue weighted by Gasteiger charge is 2.32. The summed E-state index contributed by atoms with van der Waals surface area (Å²) in [6.07, 6.45) is 10.0. The first-order valence-corrected chi connectivity index (χ1v) is 9.16. The van der Waals surface area contributed by atoms with E-state index in [1.807, 2.05) is 0 Å². The second-order valence-electron chi connectivity index (χ2n) is 7.46. The molecule has 1 aliphatic carbocycles. The van der Waals surface area contributed by atoms with Gasteiger partial charge in [-0.2, -0.15) is 0 Å². The van der Waals surface area contributed by atoms with E-state index in [1.165, 1.54) is 64.6 Å². The Kier molecular flexibility index (Phi) is 6.83. The molecule has 0 aromatic rings. The zero-order valence-electron chi connectivity index (χ0n) is 14.0. The molecule has 118 valence electrons. The van der Waals surface area contributed by atoms with Gasteiger partial charge < -0.3 is 10.2 Å². The summed E-state index contributed by atoms with van der Waals surface area (Å²) in [5, 5.41) is 3.77. The van der Waals surface area contributed by atoms with Crippen LogP contribution in [0.25, 0.3) is 0 Å². The van der Waals surface area contributed by atoms with Gasteiger partial charge in [-0.25, -0.2) is 0 Å². The Morgan fingerprint density at radius 1 is 1.05 bits per heavy atom. The van der Waals surface area contributed by atoms with Gasteiger partial charge in [0.1, 0.15) is 0 Å². The van der Waals surface area contributed by atoms with Gasteiger partial charge in [0.05, 0.1) is 0 Å². The second-order valence-corrected chi connectivity index (χ2v) is 7.46. The number of nitrogens with one attached hydrogen (secondary N) is 1. The lowest BCUT2D eigenvalue weighted by molar-refractivity contribution is 0.123. The zero-order valence-corrected chi connectivity index (χ0v) is 14.0. The van der Waals surface area contributed by atoms with Crippen LogP contribution in [0.5, 0.6) is 0 Å². The molecule has 2 fully saturated rings. The number of hydrogen-bond acceptors (Lipinski definition) is 2.